The van der Waals surface area contributed by atoms with Crippen molar-refractivity contribution in [2.45, 2.75) is 0 Å². The number of hydrogen-bond donors (Lipinski definition) is 1. The smallest absolute Gasteiger partial charge is 0.337 e. The highest BCUT2D eigenvalue weighted by molar-refractivity contribution is 6.32. The lowest BCUT2D eigenvalue weighted by Crippen LogP contribution is -2.30. The third-order valence-corrected chi connectivity index (χ3v) is 3.82. The molecule has 0 atom stereocenters. The summed E-state index contributed by atoms with van der Waals surface area (Å²) >= 11 is 5.92. The minimum absolute atomic E-state index is 0.135. The van der Waals surface area contributed by atoms with E-state index < -0.39 is 17.9 Å². The molecule has 6 nitrogen and oxygen atoms in total. The van der Waals surface area contributed by atoms with Crippen molar-refractivity contribution in [3.8, 4) is 0 Å². The van der Waals surface area contributed by atoms with Gasteiger partial charge in [0.15, 0.2) is 0 Å². The summed E-state index contributed by atoms with van der Waals surface area (Å²) in [6.45, 7) is 0. The SMILES string of the molecule is COC(=O)c1ccc(/C=C2/NC(=O)N(c3cccc(Cl)c3)C2=O)cc1. The summed E-state index contributed by atoms with van der Waals surface area (Å²) in [4.78, 5) is 37.1. The summed E-state index contributed by atoms with van der Waals surface area (Å²) in [7, 11) is 1.30. The first-order valence-corrected chi connectivity index (χ1v) is 7.68. The van der Waals surface area contributed by atoms with Gasteiger partial charge in [0.1, 0.15) is 5.70 Å². The fourth-order valence-electron chi connectivity index (χ4n) is 2.38. The summed E-state index contributed by atoms with van der Waals surface area (Å²) in [5.41, 5.74) is 1.58. The molecule has 1 aliphatic rings. The van der Waals surface area contributed by atoms with Gasteiger partial charge in [0.25, 0.3) is 5.91 Å². The molecule has 126 valence electrons. The first-order valence-electron chi connectivity index (χ1n) is 7.30. The van der Waals surface area contributed by atoms with Gasteiger partial charge < -0.3 is 10.1 Å². The van der Waals surface area contributed by atoms with Crippen LogP contribution < -0.4 is 10.2 Å². The highest BCUT2D eigenvalue weighted by atomic mass is 35.5. The van der Waals surface area contributed by atoms with Crippen molar-refractivity contribution in [3.63, 3.8) is 0 Å². The predicted molar refractivity (Wildman–Crippen MR) is 93.2 cm³/mol. The molecule has 0 aliphatic carbocycles. The van der Waals surface area contributed by atoms with Crippen molar-refractivity contribution in [1.82, 2.24) is 5.32 Å². The number of carbonyl (C=O) groups is 3. The third-order valence-electron chi connectivity index (χ3n) is 3.59. The van der Waals surface area contributed by atoms with E-state index in [2.05, 4.69) is 10.1 Å². The lowest BCUT2D eigenvalue weighted by atomic mass is 10.1. The van der Waals surface area contributed by atoms with Gasteiger partial charge in [-0.15, -0.1) is 0 Å². The number of nitrogens with zero attached hydrogens (tertiary/aromatic N) is 1. The van der Waals surface area contributed by atoms with Gasteiger partial charge in [0, 0.05) is 5.02 Å². The molecule has 1 heterocycles. The van der Waals surface area contributed by atoms with Crippen molar-refractivity contribution in [2.24, 2.45) is 0 Å². The number of imide groups is 1. The normalized spacial score (nSPS) is 15.4. The largest absolute Gasteiger partial charge is 0.465 e. The molecule has 3 rings (SSSR count). The third kappa shape index (κ3) is 3.39. The topological polar surface area (TPSA) is 75.7 Å². The molecule has 0 aromatic heterocycles. The monoisotopic (exact) mass is 356 g/mol. The van der Waals surface area contributed by atoms with E-state index in [-0.39, 0.29) is 5.70 Å². The first-order chi connectivity index (χ1) is 12.0. The molecule has 1 saturated heterocycles. The molecule has 1 N–H and O–H groups in total. The number of methoxy groups -OCH3 is 1. The molecule has 25 heavy (non-hydrogen) atoms. The maximum atomic E-state index is 12.5. The number of carbonyl (C=O) groups excluding carboxylic acids is 3. The Morgan fingerprint density at radius 1 is 1.16 bits per heavy atom. The number of anilines is 1. The van der Waals surface area contributed by atoms with Crippen LogP contribution in [-0.2, 0) is 9.53 Å². The van der Waals surface area contributed by atoms with Crippen LogP contribution in [-0.4, -0.2) is 25.0 Å². The number of esters is 1. The van der Waals surface area contributed by atoms with Crippen LogP contribution in [0.25, 0.3) is 6.08 Å². The molecule has 1 fully saturated rings. The molecule has 2 aromatic rings. The fraction of sp³-hybridized carbons (Fsp3) is 0.0556. The second-order valence-electron chi connectivity index (χ2n) is 5.22. The minimum Gasteiger partial charge on any atom is -0.465 e. The van der Waals surface area contributed by atoms with E-state index in [0.717, 1.165) is 4.90 Å². The van der Waals surface area contributed by atoms with Crippen LogP contribution in [0.3, 0.4) is 0 Å². The molecule has 0 bridgehead atoms. The van der Waals surface area contributed by atoms with Crippen LogP contribution in [0.15, 0.2) is 54.2 Å². The highest BCUT2D eigenvalue weighted by Gasteiger charge is 2.34. The van der Waals surface area contributed by atoms with Crippen LogP contribution in [0.4, 0.5) is 10.5 Å². The van der Waals surface area contributed by atoms with Gasteiger partial charge in [0.05, 0.1) is 18.4 Å². The van der Waals surface area contributed by atoms with Crippen molar-refractivity contribution in [1.29, 1.82) is 0 Å². The number of rotatable bonds is 3. The van der Waals surface area contributed by atoms with E-state index in [1.807, 2.05) is 0 Å². The molecular weight excluding hydrogens is 344 g/mol. The van der Waals surface area contributed by atoms with E-state index in [1.54, 1.807) is 42.5 Å². The second kappa shape index (κ2) is 6.78. The zero-order chi connectivity index (χ0) is 18.0. The van der Waals surface area contributed by atoms with Crippen molar-refractivity contribution < 1.29 is 19.1 Å². The summed E-state index contributed by atoms with van der Waals surface area (Å²) in [5.74, 6) is -0.930. The van der Waals surface area contributed by atoms with E-state index in [1.165, 1.54) is 19.3 Å². The number of nitrogens with one attached hydrogen (secondary N) is 1. The van der Waals surface area contributed by atoms with Gasteiger partial charge in [-0.2, -0.15) is 0 Å². The number of ether oxygens (including phenoxy) is 1. The summed E-state index contributed by atoms with van der Waals surface area (Å²) in [5, 5.41) is 2.96. The quantitative estimate of drug-likeness (QED) is 0.520. The lowest BCUT2D eigenvalue weighted by molar-refractivity contribution is -0.113. The molecule has 2 aromatic carbocycles. The van der Waals surface area contributed by atoms with Crippen LogP contribution in [0, 0.1) is 0 Å². The Hall–Kier alpha value is -3.12. The highest BCUT2D eigenvalue weighted by Crippen LogP contribution is 2.25. The Morgan fingerprint density at radius 3 is 2.52 bits per heavy atom. The zero-order valence-corrected chi connectivity index (χ0v) is 13.9. The summed E-state index contributed by atoms with van der Waals surface area (Å²) in [6, 6.07) is 12.4. The molecular formula is C18H13ClN2O4. The molecule has 0 unspecified atom stereocenters. The Kier molecular flexibility index (Phi) is 4.54. The number of halogens is 1. The minimum atomic E-state index is -0.551. The lowest BCUT2D eigenvalue weighted by Gasteiger charge is -2.11. The number of benzene rings is 2. The maximum absolute atomic E-state index is 12.5. The molecule has 0 saturated carbocycles. The first kappa shape index (κ1) is 16.7. The van der Waals surface area contributed by atoms with Crippen molar-refractivity contribution >= 4 is 41.3 Å². The average molecular weight is 357 g/mol. The summed E-state index contributed by atoms with van der Waals surface area (Å²) < 4.78 is 4.63. The van der Waals surface area contributed by atoms with Crippen molar-refractivity contribution in [2.75, 3.05) is 12.0 Å². The fourth-order valence-corrected chi connectivity index (χ4v) is 2.57. The van der Waals surface area contributed by atoms with Gasteiger partial charge in [0.2, 0.25) is 0 Å². The van der Waals surface area contributed by atoms with E-state index in [4.69, 9.17) is 11.6 Å². The van der Waals surface area contributed by atoms with E-state index in [0.29, 0.717) is 21.8 Å². The maximum Gasteiger partial charge on any atom is 0.337 e. The molecule has 0 spiro atoms. The summed E-state index contributed by atoms with van der Waals surface area (Å²) in [6.07, 6.45) is 1.53. The van der Waals surface area contributed by atoms with Gasteiger partial charge >= 0.3 is 12.0 Å². The van der Waals surface area contributed by atoms with Crippen LogP contribution in [0.1, 0.15) is 15.9 Å². The second-order valence-corrected chi connectivity index (χ2v) is 5.66. The number of amides is 3. The van der Waals surface area contributed by atoms with Crippen LogP contribution in [0.2, 0.25) is 5.02 Å². The van der Waals surface area contributed by atoms with Gasteiger partial charge in [-0.05, 0) is 42.0 Å². The Labute approximate surface area is 148 Å². The number of urea groups is 1. The van der Waals surface area contributed by atoms with Crippen LogP contribution in [0.5, 0.6) is 0 Å². The standard InChI is InChI=1S/C18H13ClN2O4/c1-25-17(23)12-7-5-11(6-8-12)9-15-16(22)21(18(24)20-15)14-4-2-3-13(19)10-14/h2-10H,1H3,(H,20,24)/b15-9+. The van der Waals surface area contributed by atoms with Gasteiger partial charge in [-0.25, -0.2) is 14.5 Å². The Balaban J connectivity index is 1.86. The zero-order valence-electron chi connectivity index (χ0n) is 13.2. The predicted octanol–water partition coefficient (Wildman–Crippen LogP) is 3.22. The van der Waals surface area contributed by atoms with Gasteiger partial charge in [-0.1, -0.05) is 29.8 Å². The van der Waals surface area contributed by atoms with E-state index >= 15 is 0 Å². The Morgan fingerprint density at radius 2 is 1.88 bits per heavy atom. The molecule has 1 aliphatic heterocycles. The molecule has 0 radical (unpaired) electrons. The number of hydrogen-bond acceptors (Lipinski definition) is 4. The average Bonchev–Trinajstić information content (AvgIpc) is 2.88. The van der Waals surface area contributed by atoms with Gasteiger partial charge in [-0.3, -0.25) is 4.79 Å². The van der Waals surface area contributed by atoms with Crippen molar-refractivity contribution in [3.05, 3.63) is 70.4 Å². The molecule has 7 heteroatoms. The van der Waals surface area contributed by atoms with E-state index in [9.17, 15) is 14.4 Å². The van der Waals surface area contributed by atoms with Crippen LogP contribution >= 0.6 is 11.6 Å². The Bertz CT molecular complexity index is 890. The molecule has 3 amide bonds.